The van der Waals surface area contributed by atoms with Crippen LogP contribution >= 0.6 is 23.2 Å². The number of halogens is 5. The van der Waals surface area contributed by atoms with Crippen LogP contribution in [0.3, 0.4) is 0 Å². The molecule has 0 unspecified atom stereocenters. The Hall–Kier alpha value is -3.12. The Morgan fingerprint density at radius 3 is 1.83 bits per heavy atom. The molecule has 0 aromatic heterocycles. The predicted octanol–water partition coefficient (Wildman–Crippen LogP) is 9.60. The first-order chi connectivity index (χ1) is 25.3. The first-order valence-corrected chi connectivity index (χ1v) is 19.4. The maximum atomic E-state index is 12.9. The van der Waals surface area contributed by atoms with Gasteiger partial charge in [-0.05, 0) is 151 Å². The number of Topliss-reactive ketones (excluding diaryl/α,β-unsaturated/α-hetero) is 1. The van der Waals surface area contributed by atoms with E-state index in [-0.39, 0.29) is 41.5 Å². The highest BCUT2D eigenvalue weighted by Gasteiger charge is 2.49. The van der Waals surface area contributed by atoms with E-state index in [1.165, 1.54) is 0 Å². The maximum Gasteiger partial charge on any atom is 0.411 e. The molecule has 54 heavy (non-hydrogen) atoms. The molecule has 3 aliphatic rings. The van der Waals surface area contributed by atoms with Crippen molar-refractivity contribution in [3.05, 3.63) is 73.5 Å². The summed E-state index contributed by atoms with van der Waals surface area (Å²) in [6.45, 7) is 11.1. The molecule has 2 N–H and O–H groups in total. The standard InChI is InChI=1S/C22H31ClO4.C19H21ClF3NO3/c1-5-26-19-7-9-22(10-8-19,21(25)27-6-2)14-18(24)13-20-15(3)11-17(23)12-16(20)4;1-10-7-12(20)8-11(2)14(10)15-16(25)18(24-17(15)26)5-3-13(4-6-18)27-9-19(21,22)23/h11-12,19H,5-10,13-14H2,1-4H3;7-8,13,25H,3-6,9H2,1-2H3,(H,24,26). The third kappa shape index (κ3) is 10.6. The summed E-state index contributed by atoms with van der Waals surface area (Å²) < 4.78 is 52.9. The number of aryl methyl sites for hydroxylation is 4. The van der Waals surface area contributed by atoms with E-state index in [0.29, 0.717) is 73.8 Å². The summed E-state index contributed by atoms with van der Waals surface area (Å²) in [5.41, 5.74) is 3.78. The number of esters is 1. The van der Waals surface area contributed by atoms with Crippen molar-refractivity contribution in [2.45, 2.75) is 130 Å². The molecule has 1 heterocycles. The van der Waals surface area contributed by atoms with Gasteiger partial charge in [-0.2, -0.15) is 13.2 Å². The number of carbonyl (C=O) groups is 3. The van der Waals surface area contributed by atoms with Crippen LogP contribution < -0.4 is 5.32 Å². The van der Waals surface area contributed by atoms with Crippen LogP contribution in [0.5, 0.6) is 0 Å². The zero-order chi connectivity index (χ0) is 40.0. The topological polar surface area (TPSA) is 111 Å². The van der Waals surface area contributed by atoms with Crippen molar-refractivity contribution in [3.63, 3.8) is 0 Å². The molecule has 0 atom stereocenters. The highest BCUT2D eigenvalue weighted by Crippen LogP contribution is 2.44. The second-order valence-corrected chi connectivity index (χ2v) is 15.7. The van der Waals surface area contributed by atoms with E-state index in [1.807, 2.05) is 46.8 Å². The number of carbonyl (C=O) groups excluding carboxylic acids is 3. The number of rotatable bonds is 11. The van der Waals surface area contributed by atoms with Gasteiger partial charge in [0.15, 0.2) is 0 Å². The molecule has 2 aromatic rings. The van der Waals surface area contributed by atoms with Crippen LogP contribution in [0.25, 0.3) is 5.57 Å². The second-order valence-electron chi connectivity index (χ2n) is 14.9. The summed E-state index contributed by atoms with van der Waals surface area (Å²) in [6.07, 6.45) is -0.0201. The molecular weight excluding hydrogens is 746 g/mol. The predicted molar refractivity (Wildman–Crippen MR) is 203 cm³/mol. The summed E-state index contributed by atoms with van der Waals surface area (Å²) >= 11 is 12.1. The Morgan fingerprint density at radius 2 is 1.33 bits per heavy atom. The molecule has 2 saturated carbocycles. The molecule has 298 valence electrons. The minimum Gasteiger partial charge on any atom is -0.509 e. The molecular formula is C41H52Cl2F3NO7. The molecule has 2 fully saturated rings. The third-order valence-electron chi connectivity index (χ3n) is 10.9. The van der Waals surface area contributed by atoms with Gasteiger partial charge in [0.2, 0.25) is 0 Å². The van der Waals surface area contributed by atoms with Crippen molar-refractivity contribution < 1.29 is 46.9 Å². The van der Waals surface area contributed by atoms with Crippen LogP contribution in [0.15, 0.2) is 30.0 Å². The van der Waals surface area contributed by atoms with Gasteiger partial charge in [0.1, 0.15) is 18.1 Å². The number of aliphatic hydroxyl groups is 1. The number of aliphatic hydroxyl groups excluding tert-OH is 1. The lowest BCUT2D eigenvalue weighted by Gasteiger charge is -2.37. The van der Waals surface area contributed by atoms with Gasteiger partial charge in [-0.15, -0.1) is 0 Å². The van der Waals surface area contributed by atoms with Crippen molar-refractivity contribution >= 4 is 46.4 Å². The fraction of sp³-hybridized carbons (Fsp3) is 0.585. The fourth-order valence-corrected chi connectivity index (χ4v) is 8.84. The first-order valence-electron chi connectivity index (χ1n) is 18.6. The average molecular weight is 799 g/mol. The van der Waals surface area contributed by atoms with Gasteiger partial charge in [-0.3, -0.25) is 14.4 Å². The average Bonchev–Trinajstić information content (AvgIpc) is 3.31. The van der Waals surface area contributed by atoms with E-state index in [4.69, 9.17) is 37.4 Å². The van der Waals surface area contributed by atoms with Crippen molar-refractivity contribution in [2.24, 2.45) is 5.41 Å². The van der Waals surface area contributed by atoms with Crippen molar-refractivity contribution in [1.29, 1.82) is 0 Å². The minimum absolute atomic E-state index is 0.0460. The second kappa shape index (κ2) is 18.2. The maximum absolute atomic E-state index is 12.9. The Bertz CT molecular complexity index is 1680. The lowest BCUT2D eigenvalue weighted by atomic mass is 9.69. The largest absolute Gasteiger partial charge is 0.509 e. The summed E-state index contributed by atoms with van der Waals surface area (Å²) in [5, 5.41) is 15.0. The van der Waals surface area contributed by atoms with Crippen molar-refractivity contribution in [1.82, 2.24) is 5.32 Å². The highest BCUT2D eigenvalue weighted by atomic mass is 35.5. The van der Waals surface area contributed by atoms with Crippen molar-refractivity contribution in [2.75, 3.05) is 19.8 Å². The van der Waals surface area contributed by atoms with Crippen LogP contribution in [-0.2, 0) is 35.0 Å². The molecule has 1 spiro atoms. The van der Waals surface area contributed by atoms with E-state index in [2.05, 4.69) is 5.32 Å². The van der Waals surface area contributed by atoms with E-state index >= 15 is 0 Å². The summed E-state index contributed by atoms with van der Waals surface area (Å²) in [7, 11) is 0. The Kier molecular flexibility index (Phi) is 14.7. The monoisotopic (exact) mass is 797 g/mol. The molecule has 8 nitrogen and oxygen atoms in total. The summed E-state index contributed by atoms with van der Waals surface area (Å²) in [4.78, 5) is 38.3. The molecule has 1 amide bonds. The Labute approximate surface area is 326 Å². The van der Waals surface area contributed by atoms with Gasteiger partial charge in [-0.1, -0.05) is 23.2 Å². The Morgan fingerprint density at radius 1 is 0.833 bits per heavy atom. The van der Waals surface area contributed by atoms with Crippen LogP contribution in [-0.4, -0.2) is 66.5 Å². The number of benzene rings is 2. The van der Waals surface area contributed by atoms with E-state index in [1.54, 1.807) is 19.1 Å². The number of ketones is 1. The van der Waals surface area contributed by atoms with Gasteiger partial charge in [0.05, 0.1) is 35.3 Å². The first kappa shape index (κ1) is 43.6. The number of alkyl halides is 3. The SMILES string of the molecule is CCOC(=O)C1(CC(=O)Cc2c(C)cc(Cl)cc2C)CCC(OCC)CC1.Cc1cc(Cl)cc(C)c1C1=C(O)C2(CCC(OCC(F)(F)F)CC2)NC1=O. The number of nitrogens with one attached hydrogen (secondary N) is 1. The van der Waals surface area contributed by atoms with Gasteiger partial charge in [0.25, 0.3) is 5.91 Å². The molecule has 0 bridgehead atoms. The highest BCUT2D eigenvalue weighted by molar-refractivity contribution is 6.31. The lowest BCUT2D eigenvalue weighted by molar-refractivity contribution is -0.189. The van der Waals surface area contributed by atoms with Gasteiger partial charge < -0.3 is 24.6 Å². The molecule has 13 heteroatoms. The number of ether oxygens (including phenoxy) is 3. The molecule has 0 saturated heterocycles. The molecule has 2 aliphatic carbocycles. The van der Waals surface area contributed by atoms with Crippen LogP contribution in [0, 0.1) is 33.1 Å². The fourth-order valence-electron chi connectivity index (χ4n) is 8.19. The van der Waals surface area contributed by atoms with E-state index in [0.717, 1.165) is 40.7 Å². The molecule has 5 rings (SSSR count). The van der Waals surface area contributed by atoms with E-state index < -0.39 is 29.8 Å². The van der Waals surface area contributed by atoms with Gasteiger partial charge in [-0.25, -0.2) is 0 Å². The summed E-state index contributed by atoms with van der Waals surface area (Å²) in [6, 6.07) is 7.21. The van der Waals surface area contributed by atoms with Gasteiger partial charge >= 0.3 is 12.1 Å². The zero-order valence-electron chi connectivity index (χ0n) is 31.9. The Balaban J connectivity index is 0.000000241. The van der Waals surface area contributed by atoms with E-state index in [9.17, 15) is 32.7 Å². The molecule has 0 radical (unpaired) electrons. The van der Waals surface area contributed by atoms with Crippen molar-refractivity contribution in [3.8, 4) is 0 Å². The van der Waals surface area contributed by atoms with Crippen LogP contribution in [0.1, 0.15) is 105 Å². The minimum atomic E-state index is -4.37. The number of amides is 1. The molecule has 2 aromatic carbocycles. The van der Waals surface area contributed by atoms with Crippen LogP contribution in [0.2, 0.25) is 10.0 Å². The van der Waals surface area contributed by atoms with Crippen LogP contribution in [0.4, 0.5) is 13.2 Å². The third-order valence-corrected chi connectivity index (χ3v) is 11.3. The number of hydrogen-bond donors (Lipinski definition) is 2. The lowest BCUT2D eigenvalue weighted by Crippen LogP contribution is -2.48. The normalized spacial score (nSPS) is 24.2. The zero-order valence-corrected chi connectivity index (χ0v) is 33.5. The molecule has 1 aliphatic heterocycles. The summed E-state index contributed by atoms with van der Waals surface area (Å²) in [5.74, 6) is -0.588. The van der Waals surface area contributed by atoms with Gasteiger partial charge in [0, 0.05) is 29.5 Å². The smallest absolute Gasteiger partial charge is 0.411 e. The number of hydrogen-bond acceptors (Lipinski definition) is 7. The quantitative estimate of drug-likeness (QED) is 0.218.